The average molecular weight is 395 g/mol. The molecule has 3 rings (SSSR count). The number of hydrogen-bond acceptors (Lipinski definition) is 5. The lowest BCUT2D eigenvalue weighted by atomic mass is 9.84. The topological polar surface area (TPSA) is 80.3 Å². The van der Waals surface area contributed by atoms with Gasteiger partial charge in [0.25, 0.3) is 0 Å². The van der Waals surface area contributed by atoms with Gasteiger partial charge in [0, 0.05) is 16.9 Å². The van der Waals surface area contributed by atoms with Crippen LogP contribution in [0.3, 0.4) is 0 Å². The molecule has 0 radical (unpaired) electrons. The fourth-order valence-corrected chi connectivity index (χ4v) is 3.33. The molecule has 1 saturated carbocycles. The molecule has 2 N–H and O–H groups in total. The zero-order chi connectivity index (χ0) is 19.4. The number of benzene rings is 1. The van der Waals surface area contributed by atoms with Crippen LogP contribution < -0.4 is 15.4 Å². The molecule has 0 aliphatic heterocycles. The summed E-state index contributed by atoms with van der Waals surface area (Å²) >= 11 is 1.16. The predicted octanol–water partition coefficient (Wildman–Crippen LogP) is 3.65. The molecule has 0 spiro atoms. The van der Waals surface area contributed by atoms with E-state index in [0.717, 1.165) is 30.6 Å². The summed E-state index contributed by atoms with van der Waals surface area (Å²) in [7, 11) is 0. The van der Waals surface area contributed by atoms with Gasteiger partial charge in [-0.3, -0.25) is 9.59 Å². The van der Waals surface area contributed by atoms with Gasteiger partial charge in [-0.1, -0.05) is 18.6 Å². The van der Waals surface area contributed by atoms with Crippen molar-refractivity contribution in [1.82, 2.24) is 10.3 Å². The minimum absolute atomic E-state index is 0.00180. The standard InChI is InChI=1S/C18H19F2N3O3S/c1-10(21-16(25)11-5-4-6-11)15(24)23-18-22-13(9-27-18)12-7-2-3-8-14(12)26-17(19)20/h2-3,7-11,17H,4-6H2,1H3,(H,21,25)(H,22,23,24). The SMILES string of the molecule is CC(NC(=O)C1CCC1)C(=O)Nc1nc(-c2ccccc2OC(F)F)cs1. The zero-order valence-corrected chi connectivity index (χ0v) is 15.4. The molecule has 1 aromatic carbocycles. The molecule has 144 valence electrons. The van der Waals surface area contributed by atoms with Gasteiger partial charge in [0.05, 0.1) is 5.69 Å². The average Bonchev–Trinajstić information content (AvgIpc) is 3.01. The van der Waals surface area contributed by atoms with Crippen molar-refractivity contribution in [2.24, 2.45) is 5.92 Å². The number of thiazole rings is 1. The molecule has 2 amide bonds. The number of para-hydroxylation sites is 1. The van der Waals surface area contributed by atoms with Crippen LogP contribution in [0.5, 0.6) is 5.75 Å². The van der Waals surface area contributed by atoms with Crippen molar-refractivity contribution in [3.05, 3.63) is 29.6 Å². The van der Waals surface area contributed by atoms with Crippen LogP contribution in [0.15, 0.2) is 29.6 Å². The molecule has 1 aliphatic carbocycles. The van der Waals surface area contributed by atoms with Gasteiger partial charge in [0.15, 0.2) is 5.13 Å². The van der Waals surface area contributed by atoms with E-state index >= 15 is 0 Å². The third-order valence-electron chi connectivity index (χ3n) is 4.34. The van der Waals surface area contributed by atoms with Gasteiger partial charge in [0.2, 0.25) is 11.8 Å². The van der Waals surface area contributed by atoms with Crippen molar-refractivity contribution >= 4 is 28.3 Å². The normalized spacial score (nSPS) is 15.1. The molecule has 2 aromatic rings. The number of halogens is 2. The lowest BCUT2D eigenvalue weighted by Crippen LogP contribution is -2.45. The van der Waals surface area contributed by atoms with Crippen LogP contribution in [-0.2, 0) is 9.59 Å². The lowest BCUT2D eigenvalue weighted by Gasteiger charge is -2.25. The van der Waals surface area contributed by atoms with Crippen molar-refractivity contribution in [2.45, 2.75) is 38.8 Å². The summed E-state index contributed by atoms with van der Waals surface area (Å²) < 4.78 is 29.6. The number of alkyl halides is 2. The predicted molar refractivity (Wildman–Crippen MR) is 97.8 cm³/mol. The second-order valence-electron chi connectivity index (χ2n) is 6.26. The van der Waals surface area contributed by atoms with Crippen LogP contribution in [0.2, 0.25) is 0 Å². The molecular formula is C18H19F2N3O3S. The number of amides is 2. The van der Waals surface area contributed by atoms with Gasteiger partial charge < -0.3 is 15.4 Å². The van der Waals surface area contributed by atoms with Crippen LogP contribution in [0.1, 0.15) is 26.2 Å². The Morgan fingerprint density at radius 3 is 2.70 bits per heavy atom. The highest BCUT2D eigenvalue weighted by atomic mass is 32.1. The Morgan fingerprint density at radius 1 is 1.30 bits per heavy atom. The fraction of sp³-hybridized carbons (Fsp3) is 0.389. The highest BCUT2D eigenvalue weighted by Gasteiger charge is 2.27. The minimum atomic E-state index is -2.94. The number of nitrogens with zero attached hydrogens (tertiary/aromatic N) is 1. The van der Waals surface area contributed by atoms with Gasteiger partial charge in [-0.05, 0) is 31.9 Å². The summed E-state index contributed by atoms with van der Waals surface area (Å²) in [6.45, 7) is -1.34. The highest BCUT2D eigenvalue weighted by Crippen LogP contribution is 2.33. The van der Waals surface area contributed by atoms with Gasteiger partial charge in [-0.25, -0.2) is 4.98 Å². The molecule has 27 heavy (non-hydrogen) atoms. The Kier molecular flexibility index (Phi) is 6.00. The first-order valence-electron chi connectivity index (χ1n) is 8.55. The number of nitrogens with one attached hydrogen (secondary N) is 2. The molecule has 1 aromatic heterocycles. The fourth-order valence-electron chi connectivity index (χ4n) is 2.61. The number of carbonyl (C=O) groups is 2. The molecule has 9 heteroatoms. The number of anilines is 1. The van der Waals surface area contributed by atoms with Crippen LogP contribution in [0.25, 0.3) is 11.3 Å². The Hall–Kier alpha value is -2.55. The summed E-state index contributed by atoms with van der Waals surface area (Å²) in [5.74, 6) is -0.489. The smallest absolute Gasteiger partial charge is 0.387 e. The maximum atomic E-state index is 12.5. The first-order chi connectivity index (χ1) is 12.9. The van der Waals surface area contributed by atoms with E-state index in [0.29, 0.717) is 16.4 Å². The summed E-state index contributed by atoms with van der Waals surface area (Å²) in [4.78, 5) is 28.4. The monoisotopic (exact) mass is 395 g/mol. The Balaban J connectivity index is 1.64. The van der Waals surface area contributed by atoms with E-state index in [1.165, 1.54) is 6.07 Å². The molecular weight excluding hydrogens is 376 g/mol. The van der Waals surface area contributed by atoms with Crippen molar-refractivity contribution < 1.29 is 23.1 Å². The summed E-state index contributed by atoms with van der Waals surface area (Å²) in [5.41, 5.74) is 0.818. The third kappa shape index (κ3) is 4.79. The summed E-state index contributed by atoms with van der Waals surface area (Å²) in [6.07, 6.45) is 2.75. The maximum absolute atomic E-state index is 12.5. The minimum Gasteiger partial charge on any atom is -0.434 e. The van der Waals surface area contributed by atoms with Gasteiger partial charge in [0.1, 0.15) is 11.8 Å². The number of hydrogen-bond donors (Lipinski definition) is 2. The van der Waals surface area contributed by atoms with Crippen molar-refractivity contribution in [1.29, 1.82) is 0 Å². The van der Waals surface area contributed by atoms with E-state index in [4.69, 9.17) is 0 Å². The molecule has 1 heterocycles. The number of aromatic nitrogens is 1. The number of carbonyl (C=O) groups excluding carboxylic acids is 2. The quantitative estimate of drug-likeness (QED) is 0.750. The zero-order valence-electron chi connectivity index (χ0n) is 14.6. The Morgan fingerprint density at radius 2 is 2.04 bits per heavy atom. The van der Waals surface area contributed by atoms with Gasteiger partial charge in [-0.2, -0.15) is 8.78 Å². The van der Waals surface area contributed by atoms with E-state index < -0.39 is 12.7 Å². The third-order valence-corrected chi connectivity index (χ3v) is 5.10. The number of ether oxygens (including phenoxy) is 1. The van der Waals surface area contributed by atoms with Crippen LogP contribution in [0, 0.1) is 5.92 Å². The van der Waals surface area contributed by atoms with Crippen LogP contribution >= 0.6 is 11.3 Å². The maximum Gasteiger partial charge on any atom is 0.387 e. The first kappa shape index (κ1) is 19.2. The molecule has 0 bridgehead atoms. The lowest BCUT2D eigenvalue weighted by molar-refractivity contribution is -0.130. The molecule has 6 nitrogen and oxygen atoms in total. The van der Waals surface area contributed by atoms with Gasteiger partial charge in [-0.15, -0.1) is 11.3 Å². The van der Waals surface area contributed by atoms with Gasteiger partial charge >= 0.3 is 6.61 Å². The van der Waals surface area contributed by atoms with E-state index in [2.05, 4.69) is 20.4 Å². The van der Waals surface area contributed by atoms with Crippen LogP contribution in [0.4, 0.5) is 13.9 Å². The molecule has 1 aliphatic rings. The Bertz CT molecular complexity index is 824. The van der Waals surface area contributed by atoms with E-state index in [-0.39, 0.29) is 23.5 Å². The van der Waals surface area contributed by atoms with Crippen molar-refractivity contribution in [3.63, 3.8) is 0 Å². The van der Waals surface area contributed by atoms with E-state index in [1.807, 2.05) is 0 Å². The van der Waals surface area contributed by atoms with Crippen molar-refractivity contribution in [3.8, 4) is 17.0 Å². The van der Waals surface area contributed by atoms with E-state index in [9.17, 15) is 18.4 Å². The van der Waals surface area contributed by atoms with Crippen LogP contribution in [-0.4, -0.2) is 29.5 Å². The highest BCUT2D eigenvalue weighted by molar-refractivity contribution is 7.14. The molecule has 1 unspecified atom stereocenters. The molecule has 1 fully saturated rings. The largest absolute Gasteiger partial charge is 0.434 e. The van der Waals surface area contributed by atoms with E-state index in [1.54, 1.807) is 30.5 Å². The van der Waals surface area contributed by atoms with Crippen molar-refractivity contribution in [2.75, 3.05) is 5.32 Å². The first-order valence-corrected chi connectivity index (χ1v) is 9.43. The Labute approximate surface area is 158 Å². The molecule has 1 atom stereocenters. The molecule has 0 saturated heterocycles. The summed E-state index contributed by atoms with van der Waals surface area (Å²) in [5, 5.41) is 7.28. The number of rotatable bonds is 7. The summed E-state index contributed by atoms with van der Waals surface area (Å²) in [6, 6.07) is 5.61. The second kappa shape index (κ2) is 8.43. The second-order valence-corrected chi connectivity index (χ2v) is 7.12.